The highest BCUT2D eigenvalue weighted by molar-refractivity contribution is 5.79. The van der Waals surface area contributed by atoms with Gasteiger partial charge in [0.15, 0.2) is 0 Å². The lowest BCUT2D eigenvalue weighted by Gasteiger charge is -2.16. The van der Waals surface area contributed by atoms with Gasteiger partial charge in [0.05, 0.1) is 12.6 Å². The van der Waals surface area contributed by atoms with Crippen molar-refractivity contribution in [2.45, 2.75) is 25.9 Å². The number of fused-ring (bicyclic) bond motifs is 3. The Morgan fingerprint density at radius 2 is 1.52 bits per heavy atom. The summed E-state index contributed by atoms with van der Waals surface area (Å²) in [6, 6.07) is 22.4. The lowest BCUT2D eigenvalue weighted by Crippen LogP contribution is -2.30. The number of carbonyl (C=O) groups excluding carboxylic acids is 1. The fourth-order valence-electron chi connectivity index (χ4n) is 4.15. The van der Waals surface area contributed by atoms with Crippen LogP contribution in [0.4, 0.5) is 4.79 Å². The number of aryl methyl sites for hydroxylation is 2. The van der Waals surface area contributed by atoms with E-state index < -0.39 is 12.2 Å². The van der Waals surface area contributed by atoms with Crippen molar-refractivity contribution in [3.8, 4) is 11.1 Å². The third-order valence-corrected chi connectivity index (χ3v) is 5.41. The van der Waals surface area contributed by atoms with Crippen LogP contribution < -0.4 is 5.32 Å². The van der Waals surface area contributed by atoms with E-state index in [1.807, 2.05) is 50.2 Å². The highest BCUT2D eigenvalue weighted by atomic mass is 16.5. The molecule has 148 valence electrons. The fraction of sp³-hybridized carbons (Fsp3) is 0.240. The number of benzene rings is 3. The maximum absolute atomic E-state index is 12.2. The minimum atomic E-state index is -0.769. The van der Waals surface area contributed by atoms with Gasteiger partial charge in [0.1, 0.15) is 6.61 Å². The third kappa shape index (κ3) is 4.03. The molecule has 0 spiro atoms. The monoisotopic (exact) mass is 387 g/mol. The summed E-state index contributed by atoms with van der Waals surface area (Å²) in [5, 5.41) is 13.1. The van der Waals surface area contributed by atoms with Crippen LogP contribution in [0.5, 0.6) is 0 Å². The molecule has 0 fully saturated rings. The maximum Gasteiger partial charge on any atom is 0.407 e. The van der Waals surface area contributed by atoms with Gasteiger partial charge in [-0.1, -0.05) is 77.9 Å². The predicted octanol–water partition coefficient (Wildman–Crippen LogP) is 4.88. The van der Waals surface area contributed by atoms with Crippen LogP contribution in [0.25, 0.3) is 11.1 Å². The second kappa shape index (κ2) is 8.10. The largest absolute Gasteiger partial charge is 0.449 e. The van der Waals surface area contributed by atoms with Crippen molar-refractivity contribution in [3.05, 3.63) is 94.5 Å². The summed E-state index contributed by atoms with van der Waals surface area (Å²) in [6.07, 6.45) is -1.29. The number of alkyl carbamates (subject to hydrolysis) is 1. The third-order valence-electron chi connectivity index (χ3n) is 5.41. The molecule has 0 aromatic heterocycles. The first-order chi connectivity index (χ1) is 14.0. The van der Waals surface area contributed by atoms with Crippen molar-refractivity contribution in [3.63, 3.8) is 0 Å². The number of aliphatic hydroxyl groups excluding tert-OH is 1. The van der Waals surface area contributed by atoms with Gasteiger partial charge in [-0.2, -0.15) is 0 Å². The number of nitrogens with one attached hydrogen (secondary N) is 1. The summed E-state index contributed by atoms with van der Waals surface area (Å²) in [4.78, 5) is 12.2. The molecule has 29 heavy (non-hydrogen) atoms. The molecule has 0 saturated heterocycles. The van der Waals surface area contributed by atoms with Crippen LogP contribution >= 0.6 is 0 Å². The molecule has 0 heterocycles. The summed E-state index contributed by atoms with van der Waals surface area (Å²) in [6.45, 7) is 4.35. The Balaban J connectivity index is 1.38. The fourth-order valence-corrected chi connectivity index (χ4v) is 4.15. The summed E-state index contributed by atoms with van der Waals surface area (Å²) < 4.78 is 5.51. The van der Waals surface area contributed by atoms with Gasteiger partial charge in [-0.25, -0.2) is 4.79 Å². The summed E-state index contributed by atoms with van der Waals surface area (Å²) in [5.41, 5.74) is 7.71. The van der Waals surface area contributed by atoms with E-state index in [0.717, 1.165) is 16.7 Å². The molecule has 1 atom stereocenters. The van der Waals surface area contributed by atoms with E-state index in [0.29, 0.717) is 0 Å². The van der Waals surface area contributed by atoms with Crippen molar-refractivity contribution in [2.75, 3.05) is 13.2 Å². The molecule has 4 nitrogen and oxygen atoms in total. The molecular formula is C25H25NO3. The number of carbonyl (C=O) groups is 1. The minimum absolute atomic E-state index is 0.0255. The molecule has 1 aliphatic rings. The first-order valence-corrected chi connectivity index (χ1v) is 9.88. The number of hydrogen-bond acceptors (Lipinski definition) is 3. The topological polar surface area (TPSA) is 58.6 Å². The molecule has 0 saturated carbocycles. The Hall–Kier alpha value is -3.11. The quantitative estimate of drug-likeness (QED) is 0.656. The lowest BCUT2D eigenvalue weighted by molar-refractivity contribution is 0.128. The average Bonchev–Trinajstić information content (AvgIpc) is 3.03. The number of aliphatic hydroxyl groups is 1. The number of ether oxygens (including phenoxy) is 1. The second-order valence-electron chi connectivity index (χ2n) is 7.64. The number of hydrogen-bond donors (Lipinski definition) is 2. The SMILES string of the molecule is Cc1cc(C)cc(C(O)CNC(=O)OCC2c3ccccc3-c3ccccc32)c1. The molecule has 4 heteroatoms. The smallest absolute Gasteiger partial charge is 0.407 e. The molecule has 3 aromatic rings. The molecule has 0 bridgehead atoms. The summed E-state index contributed by atoms with van der Waals surface area (Å²) in [5.74, 6) is 0.0255. The van der Waals surface area contributed by atoms with Crippen LogP contribution in [0.1, 0.15) is 39.8 Å². The van der Waals surface area contributed by atoms with Crippen molar-refractivity contribution in [1.29, 1.82) is 0 Å². The number of rotatable bonds is 5. The molecule has 4 rings (SSSR count). The zero-order valence-corrected chi connectivity index (χ0v) is 16.7. The Labute approximate surface area is 171 Å². The molecule has 2 N–H and O–H groups in total. The molecule has 0 aliphatic heterocycles. The second-order valence-corrected chi connectivity index (χ2v) is 7.64. The normalized spacial score (nSPS) is 13.5. The van der Waals surface area contributed by atoms with E-state index in [1.165, 1.54) is 22.3 Å². The van der Waals surface area contributed by atoms with E-state index in [4.69, 9.17) is 4.74 Å². The lowest BCUT2D eigenvalue weighted by atomic mass is 9.98. The summed E-state index contributed by atoms with van der Waals surface area (Å²) >= 11 is 0. The van der Waals surface area contributed by atoms with E-state index >= 15 is 0 Å². The predicted molar refractivity (Wildman–Crippen MR) is 114 cm³/mol. The zero-order valence-electron chi connectivity index (χ0n) is 16.7. The van der Waals surface area contributed by atoms with Gasteiger partial charge >= 0.3 is 6.09 Å². The van der Waals surface area contributed by atoms with Gasteiger partial charge in [0, 0.05) is 5.92 Å². The molecule has 0 radical (unpaired) electrons. The van der Waals surface area contributed by atoms with E-state index in [1.54, 1.807) is 0 Å². The minimum Gasteiger partial charge on any atom is -0.449 e. The van der Waals surface area contributed by atoms with E-state index in [-0.39, 0.29) is 19.1 Å². The molecule has 1 amide bonds. The first-order valence-electron chi connectivity index (χ1n) is 9.88. The summed E-state index contributed by atoms with van der Waals surface area (Å²) in [7, 11) is 0. The average molecular weight is 387 g/mol. The van der Waals surface area contributed by atoms with Gasteiger partial charge in [0.2, 0.25) is 0 Å². The Bertz CT molecular complexity index is 978. The van der Waals surface area contributed by atoms with E-state index in [2.05, 4.69) is 35.6 Å². The highest BCUT2D eigenvalue weighted by Crippen LogP contribution is 2.44. The van der Waals surface area contributed by atoms with Crippen LogP contribution in [0.2, 0.25) is 0 Å². The molecule has 1 aliphatic carbocycles. The van der Waals surface area contributed by atoms with Gasteiger partial charge < -0.3 is 15.2 Å². The van der Waals surface area contributed by atoms with Crippen LogP contribution in [0.3, 0.4) is 0 Å². The van der Waals surface area contributed by atoms with Gasteiger partial charge in [-0.15, -0.1) is 0 Å². The molecule has 3 aromatic carbocycles. The van der Waals surface area contributed by atoms with Crippen LogP contribution in [-0.4, -0.2) is 24.4 Å². The van der Waals surface area contributed by atoms with Crippen LogP contribution in [0, 0.1) is 13.8 Å². The first kappa shape index (κ1) is 19.2. The Kier molecular flexibility index (Phi) is 5.36. The van der Waals surface area contributed by atoms with Crippen molar-refractivity contribution < 1.29 is 14.6 Å². The van der Waals surface area contributed by atoms with Crippen LogP contribution in [-0.2, 0) is 4.74 Å². The van der Waals surface area contributed by atoms with Gasteiger partial charge in [-0.3, -0.25) is 0 Å². The van der Waals surface area contributed by atoms with Crippen molar-refractivity contribution in [1.82, 2.24) is 5.32 Å². The molecular weight excluding hydrogens is 362 g/mol. The van der Waals surface area contributed by atoms with Crippen LogP contribution in [0.15, 0.2) is 66.7 Å². The van der Waals surface area contributed by atoms with Gasteiger partial charge in [0.25, 0.3) is 0 Å². The Morgan fingerprint density at radius 3 is 2.10 bits per heavy atom. The van der Waals surface area contributed by atoms with Gasteiger partial charge in [-0.05, 0) is 41.7 Å². The van der Waals surface area contributed by atoms with Crippen molar-refractivity contribution >= 4 is 6.09 Å². The Morgan fingerprint density at radius 1 is 0.966 bits per heavy atom. The maximum atomic E-state index is 12.2. The molecule has 1 unspecified atom stereocenters. The van der Waals surface area contributed by atoms with E-state index in [9.17, 15) is 9.90 Å². The standard InChI is InChI=1S/C25H25NO3/c1-16-11-17(2)13-18(12-16)24(27)14-26-25(28)29-15-23-21-9-5-3-7-19(21)20-8-4-6-10-22(20)23/h3-13,23-24,27H,14-15H2,1-2H3,(H,26,28). The number of amides is 1. The zero-order chi connectivity index (χ0) is 20.4. The highest BCUT2D eigenvalue weighted by Gasteiger charge is 2.29. The van der Waals surface area contributed by atoms with Crippen molar-refractivity contribution in [2.24, 2.45) is 0 Å².